The van der Waals surface area contributed by atoms with E-state index in [0.717, 1.165) is 5.56 Å². The molecule has 5 nitrogen and oxygen atoms in total. The summed E-state index contributed by atoms with van der Waals surface area (Å²) in [5.74, 6) is -2.71. The molecule has 0 radical (unpaired) electrons. The zero-order valence-electron chi connectivity index (χ0n) is 15.7. The molecule has 1 fully saturated rings. The SMILES string of the molecule is CC(C)(C)[C@@H]1CC(F)(F)CN1c1ccnc2c1nnn2Cc1ccccc1. The van der Waals surface area contributed by atoms with E-state index in [4.69, 9.17) is 0 Å². The van der Waals surface area contributed by atoms with E-state index in [0.29, 0.717) is 23.4 Å². The summed E-state index contributed by atoms with van der Waals surface area (Å²) in [5, 5.41) is 8.52. The fourth-order valence-electron chi connectivity index (χ4n) is 3.80. The van der Waals surface area contributed by atoms with Gasteiger partial charge in [0.25, 0.3) is 5.92 Å². The highest BCUT2D eigenvalue weighted by Gasteiger charge is 2.49. The number of hydrogen-bond donors (Lipinski definition) is 0. The van der Waals surface area contributed by atoms with Crippen molar-refractivity contribution in [3.05, 3.63) is 48.2 Å². The van der Waals surface area contributed by atoms with Gasteiger partial charge in [-0.15, -0.1) is 5.10 Å². The van der Waals surface area contributed by atoms with Crippen molar-refractivity contribution in [1.82, 2.24) is 20.0 Å². The first kappa shape index (κ1) is 17.8. The van der Waals surface area contributed by atoms with Crippen LogP contribution >= 0.6 is 0 Å². The summed E-state index contributed by atoms with van der Waals surface area (Å²) in [6.45, 7) is 6.22. The highest BCUT2D eigenvalue weighted by molar-refractivity contribution is 5.85. The van der Waals surface area contributed by atoms with Crippen molar-refractivity contribution in [3.8, 4) is 0 Å². The van der Waals surface area contributed by atoms with Gasteiger partial charge in [0.15, 0.2) is 11.2 Å². The van der Waals surface area contributed by atoms with Crippen LogP contribution in [-0.2, 0) is 6.54 Å². The molecule has 0 unspecified atom stereocenters. The molecule has 1 aliphatic rings. The van der Waals surface area contributed by atoms with Gasteiger partial charge in [0, 0.05) is 18.7 Å². The molecule has 0 N–H and O–H groups in total. The number of halogens is 2. The third-order valence-electron chi connectivity index (χ3n) is 5.13. The summed E-state index contributed by atoms with van der Waals surface area (Å²) in [5.41, 5.74) is 2.66. The minimum Gasteiger partial charge on any atom is -0.360 e. The van der Waals surface area contributed by atoms with Gasteiger partial charge in [0.05, 0.1) is 18.8 Å². The molecular weight excluding hydrogens is 348 g/mol. The summed E-state index contributed by atoms with van der Waals surface area (Å²) in [4.78, 5) is 6.20. The van der Waals surface area contributed by atoms with E-state index in [1.165, 1.54) is 0 Å². The van der Waals surface area contributed by atoms with E-state index < -0.39 is 5.92 Å². The molecule has 1 aliphatic heterocycles. The van der Waals surface area contributed by atoms with Gasteiger partial charge in [0.2, 0.25) is 0 Å². The van der Waals surface area contributed by atoms with Crippen LogP contribution in [-0.4, -0.2) is 38.5 Å². The van der Waals surface area contributed by atoms with Gasteiger partial charge in [-0.25, -0.2) is 18.4 Å². The lowest BCUT2D eigenvalue weighted by Crippen LogP contribution is -2.39. The number of rotatable bonds is 3. The molecule has 0 saturated carbocycles. The predicted octanol–water partition coefficient (Wildman–Crippen LogP) is 4.13. The second-order valence-corrected chi connectivity index (χ2v) is 8.30. The molecule has 1 saturated heterocycles. The van der Waals surface area contributed by atoms with Gasteiger partial charge in [0.1, 0.15) is 0 Å². The quantitative estimate of drug-likeness (QED) is 0.694. The van der Waals surface area contributed by atoms with E-state index >= 15 is 0 Å². The second-order valence-electron chi connectivity index (χ2n) is 8.30. The summed E-state index contributed by atoms with van der Waals surface area (Å²) in [6.07, 6.45) is 1.50. The summed E-state index contributed by atoms with van der Waals surface area (Å²) >= 11 is 0. The number of aromatic nitrogens is 4. The molecule has 3 aromatic rings. The van der Waals surface area contributed by atoms with Crippen LogP contribution in [0.3, 0.4) is 0 Å². The smallest absolute Gasteiger partial charge is 0.267 e. The van der Waals surface area contributed by atoms with Gasteiger partial charge < -0.3 is 4.90 Å². The first-order valence-electron chi connectivity index (χ1n) is 9.11. The summed E-state index contributed by atoms with van der Waals surface area (Å²) < 4.78 is 30.2. The number of pyridine rings is 1. The maximum Gasteiger partial charge on any atom is 0.267 e. The Kier molecular flexibility index (Phi) is 4.13. The number of benzene rings is 1. The second kappa shape index (κ2) is 6.25. The van der Waals surface area contributed by atoms with E-state index in [-0.39, 0.29) is 24.4 Å². The number of nitrogens with zero attached hydrogens (tertiary/aromatic N) is 5. The molecule has 0 amide bonds. The van der Waals surface area contributed by atoms with Crippen molar-refractivity contribution in [3.63, 3.8) is 0 Å². The van der Waals surface area contributed by atoms with Crippen LogP contribution in [0.5, 0.6) is 0 Å². The molecule has 0 bridgehead atoms. The average molecular weight is 371 g/mol. The zero-order chi connectivity index (χ0) is 19.2. The number of anilines is 1. The molecule has 0 spiro atoms. The Balaban J connectivity index is 1.75. The minimum atomic E-state index is -2.71. The van der Waals surface area contributed by atoms with Crippen LogP contribution in [0, 0.1) is 5.41 Å². The van der Waals surface area contributed by atoms with Crippen LogP contribution in [0.25, 0.3) is 11.2 Å². The Morgan fingerprint density at radius 3 is 2.59 bits per heavy atom. The molecule has 4 rings (SSSR count). The van der Waals surface area contributed by atoms with Crippen molar-refractivity contribution in [2.24, 2.45) is 5.41 Å². The number of hydrogen-bond acceptors (Lipinski definition) is 4. The Hall–Kier alpha value is -2.57. The van der Waals surface area contributed by atoms with Gasteiger partial charge in [-0.2, -0.15) is 0 Å². The average Bonchev–Trinajstić information content (AvgIpc) is 3.16. The zero-order valence-corrected chi connectivity index (χ0v) is 15.7. The predicted molar refractivity (Wildman–Crippen MR) is 101 cm³/mol. The Bertz CT molecular complexity index is 946. The van der Waals surface area contributed by atoms with E-state index in [9.17, 15) is 8.78 Å². The molecule has 27 heavy (non-hydrogen) atoms. The van der Waals surface area contributed by atoms with Crippen LogP contribution in [0.15, 0.2) is 42.6 Å². The molecule has 2 aromatic heterocycles. The van der Waals surface area contributed by atoms with Crippen LogP contribution in [0.4, 0.5) is 14.5 Å². The largest absolute Gasteiger partial charge is 0.360 e. The van der Waals surface area contributed by atoms with Gasteiger partial charge in [-0.05, 0) is 17.0 Å². The third-order valence-corrected chi connectivity index (χ3v) is 5.13. The van der Waals surface area contributed by atoms with Crippen molar-refractivity contribution < 1.29 is 8.78 Å². The molecular formula is C20H23F2N5. The van der Waals surface area contributed by atoms with E-state index in [2.05, 4.69) is 15.3 Å². The van der Waals surface area contributed by atoms with Crippen LogP contribution in [0.2, 0.25) is 0 Å². The first-order chi connectivity index (χ1) is 12.7. The minimum absolute atomic E-state index is 0.154. The number of alkyl halides is 2. The Morgan fingerprint density at radius 2 is 1.89 bits per heavy atom. The monoisotopic (exact) mass is 371 g/mol. The van der Waals surface area contributed by atoms with Crippen molar-refractivity contribution in [1.29, 1.82) is 0 Å². The third kappa shape index (κ3) is 3.38. The highest BCUT2D eigenvalue weighted by Crippen LogP contribution is 2.43. The summed E-state index contributed by atoms with van der Waals surface area (Å²) in [7, 11) is 0. The molecule has 1 aromatic carbocycles. The summed E-state index contributed by atoms with van der Waals surface area (Å²) in [6, 6.07) is 11.4. The van der Waals surface area contributed by atoms with Gasteiger partial charge in [-0.3, -0.25) is 0 Å². The van der Waals surface area contributed by atoms with E-state index in [1.54, 1.807) is 21.8 Å². The Morgan fingerprint density at radius 1 is 1.15 bits per heavy atom. The number of fused-ring (bicyclic) bond motifs is 1. The van der Waals surface area contributed by atoms with Crippen molar-refractivity contribution >= 4 is 16.9 Å². The van der Waals surface area contributed by atoms with Gasteiger partial charge in [-0.1, -0.05) is 56.3 Å². The Labute approximate surface area is 157 Å². The molecule has 0 aliphatic carbocycles. The molecule has 3 heterocycles. The lowest BCUT2D eigenvalue weighted by Gasteiger charge is -2.35. The lowest BCUT2D eigenvalue weighted by atomic mass is 9.84. The lowest BCUT2D eigenvalue weighted by molar-refractivity contribution is 0.0178. The van der Waals surface area contributed by atoms with Crippen LogP contribution in [0.1, 0.15) is 32.8 Å². The van der Waals surface area contributed by atoms with Crippen molar-refractivity contribution in [2.75, 3.05) is 11.4 Å². The topological polar surface area (TPSA) is 46.8 Å². The van der Waals surface area contributed by atoms with Crippen LogP contribution < -0.4 is 4.90 Å². The maximum absolute atomic E-state index is 14.3. The molecule has 142 valence electrons. The standard InChI is InChI=1S/C20H23F2N5/c1-19(2,3)16-11-20(21,22)13-26(16)15-9-10-23-18-17(15)24-25-27(18)12-14-7-5-4-6-8-14/h4-10,16H,11-13H2,1-3H3/t16-/m0/s1. The molecule has 1 atom stereocenters. The fourth-order valence-corrected chi connectivity index (χ4v) is 3.80. The van der Waals surface area contributed by atoms with Gasteiger partial charge >= 0.3 is 0 Å². The fraction of sp³-hybridized carbons (Fsp3) is 0.450. The first-order valence-corrected chi connectivity index (χ1v) is 9.11. The normalized spacial score (nSPS) is 19.7. The van der Waals surface area contributed by atoms with Crippen molar-refractivity contribution in [2.45, 2.75) is 45.7 Å². The highest BCUT2D eigenvalue weighted by atomic mass is 19.3. The maximum atomic E-state index is 14.3. The molecule has 7 heteroatoms. The van der Waals surface area contributed by atoms with E-state index in [1.807, 2.05) is 51.1 Å².